The monoisotopic (exact) mass is 455 g/mol. The number of hydrogen-bond acceptors (Lipinski definition) is 5. The van der Waals surface area contributed by atoms with Gasteiger partial charge in [0.25, 0.3) is 0 Å². The van der Waals surface area contributed by atoms with E-state index in [9.17, 15) is 13.2 Å². The molecule has 0 radical (unpaired) electrons. The second-order valence-electron chi connectivity index (χ2n) is 7.13. The summed E-state index contributed by atoms with van der Waals surface area (Å²) < 4.78 is 27.5. The fourth-order valence-corrected chi connectivity index (χ4v) is 5.74. The number of carbonyl (C=O) groups is 1. The molecule has 1 aromatic heterocycles. The van der Waals surface area contributed by atoms with Crippen molar-refractivity contribution in [2.45, 2.75) is 43.5 Å². The summed E-state index contributed by atoms with van der Waals surface area (Å²) in [5.74, 6) is -0.278. The lowest BCUT2D eigenvalue weighted by atomic mass is 10.2. The van der Waals surface area contributed by atoms with Gasteiger partial charge in [0.1, 0.15) is 0 Å². The minimum absolute atomic E-state index is 0.0472. The van der Waals surface area contributed by atoms with Crippen molar-refractivity contribution < 1.29 is 13.2 Å². The molecule has 1 saturated heterocycles. The van der Waals surface area contributed by atoms with Crippen LogP contribution in [0.5, 0.6) is 0 Å². The Bertz CT molecular complexity index is 924. The third-order valence-corrected chi connectivity index (χ3v) is 8.23. The van der Waals surface area contributed by atoms with Crippen molar-refractivity contribution in [2.24, 2.45) is 0 Å². The van der Waals surface area contributed by atoms with Crippen molar-refractivity contribution in [2.75, 3.05) is 25.0 Å². The van der Waals surface area contributed by atoms with Gasteiger partial charge in [-0.1, -0.05) is 30.5 Å². The molecule has 1 amide bonds. The molecule has 29 heavy (non-hydrogen) atoms. The molecule has 0 spiro atoms. The maximum absolute atomic E-state index is 13.0. The second kappa shape index (κ2) is 10.0. The van der Waals surface area contributed by atoms with Crippen molar-refractivity contribution in [3.8, 4) is 0 Å². The van der Waals surface area contributed by atoms with E-state index >= 15 is 0 Å². The molecule has 0 unspecified atom stereocenters. The zero-order valence-corrected chi connectivity index (χ0v) is 18.7. The minimum atomic E-state index is -3.61. The third-order valence-electron chi connectivity index (χ3n) is 4.95. The number of halogens is 1. The van der Waals surface area contributed by atoms with E-state index in [0.29, 0.717) is 23.8 Å². The summed E-state index contributed by atoms with van der Waals surface area (Å²) in [5.41, 5.74) is 0.304. The molecule has 158 valence electrons. The van der Waals surface area contributed by atoms with Crippen LogP contribution in [0.1, 0.15) is 43.5 Å². The normalized spacial score (nSPS) is 16.9. The van der Waals surface area contributed by atoms with Crippen LogP contribution in [-0.2, 0) is 14.8 Å². The third kappa shape index (κ3) is 5.79. The number of amides is 1. The maximum Gasteiger partial charge on any atom is 0.243 e. The van der Waals surface area contributed by atoms with Crippen LogP contribution in [0.3, 0.4) is 0 Å². The first-order valence-electron chi connectivity index (χ1n) is 9.74. The Hall–Kier alpha value is -1.45. The van der Waals surface area contributed by atoms with Crippen molar-refractivity contribution >= 4 is 44.6 Å². The number of sulfonamides is 1. The number of thiophene rings is 1. The van der Waals surface area contributed by atoms with E-state index in [0.717, 1.165) is 30.6 Å². The summed E-state index contributed by atoms with van der Waals surface area (Å²) in [4.78, 5) is 13.7. The molecule has 3 rings (SSSR count). The Morgan fingerprint density at radius 2 is 1.93 bits per heavy atom. The van der Waals surface area contributed by atoms with E-state index in [1.54, 1.807) is 11.3 Å². The number of nitrogens with one attached hydrogen (secondary N) is 2. The van der Waals surface area contributed by atoms with Gasteiger partial charge in [0.2, 0.25) is 15.9 Å². The molecule has 0 bridgehead atoms. The number of benzene rings is 1. The van der Waals surface area contributed by atoms with Crippen LogP contribution < -0.4 is 10.6 Å². The molecule has 1 aliphatic heterocycles. The highest BCUT2D eigenvalue weighted by molar-refractivity contribution is 7.89. The Kier molecular flexibility index (Phi) is 7.70. The average molecular weight is 456 g/mol. The van der Waals surface area contributed by atoms with Crippen LogP contribution in [0.15, 0.2) is 40.6 Å². The number of carbonyl (C=O) groups excluding carboxylic acids is 1. The quantitative estimate of drug-likeness (QED) is 0.654. The highest BCUT2D eigenvalue weighted by atomic mass is 35.5. The van der Waals surface area contributed by atoms with Gasteiger partial charge in [-0.2, -0.15) is 4.31 Å². The summed E-state index contributed by atoms with van der Waals surface area (Å²) in [6.07, 6.45) is 3.82. The maximum atomic E-state index is 13.0. The average Bonchev–Trinajstić information content (AvgIpc) is 3.09. The molecule has 1 atom stereocenters. The Balaban J connectivity index is 1.67. The fourth-order valence-electron chi connectivity index (χ4n) is 3.27. The summed E-state index contributed by atoms with van der Waals surface area (Å²) in [6.45, 7) is 3.13. The smallest absolute Gasteiger partial charge is 0.243 e. The van der Waals surface area contributed by atoms with Gasteiger partial charge in [0.05, 0.1) is 22.2 Å². The van der Waals surface area contributed by atoms with E-state index in [1.165, 1.54) is 22.5 Å². The van der Waals surface area contributed by atoms with Crippen molar-refractivity contribution in [1.29, 1.82) is 0 Å². The lowest BCUT2D eigenvalue weighted by Gasteiger charge is -2.20. The largest absolute Gasteiger partial charge is 0.324 e. The summed E-state index contributed by atoms with van der Waals surface area (Å²) >= 11 is 7.83. The first kappa shape index (κ1) is 22.2. The standard InChI is InChI=1S/C20H26ClN3O3S2/c1-15(19-7-6-12-28-19)22-14-20(25)23-18-13-16(8-9-17(18)21)29(26,27)24-10-4-2-3-5-11-24/h6-9,12-13,15,22H,2-5,10-11,14H2,1H3,(H,23,25)/t15-/m1/s1. The summed E-state index contributed by atoms with van der Waals surface area (Å²) in [5, 5.41) is 8.18. The molecule has 1 fully saturated rings. The molecule has 1 aromatic carbocycles. The predicted octanol–water partition coefficient (Wildman–Crippen LogP) is 4.26. The topological polar surface area (TPSA) is 78.5 Å². The highest BCUT2D eigenvalue weighted by Gasteiger charge is 2.26. The molecule has 1 aliphatic rings. The van der Waals surface area contributed by atoms with Crippen LogP contribution in [0.25, 0.3) is 0 Å². The van der Waals surface area contributed by atoms with Gasteiger partial charge in [-0.25, -0.2) is 8.42 Å². The van der Waals surface area contributed by atoms with E-state index in [-0.39, 0.29) is 23.4 Å². The molecule has 2 aromatic rings. The molecule has 2 N–H and O–H groups in total. The fraction of sp³-hybridized carbons (Fsp3) is 0.450. The van der Waals surface area contributed by atoms with Gasteiger partial charge in [0.15, 0.2) is 0 Å². The lowest BCUT2D eigenvalue weighted by Crippen LogP contribution is -2.32. The van der Waals surface area contributed by atoms with Crippen LogP contribution in [0, 0.1) is 0 Å². The number of nitrogens with zero attached hydrogens (tertiary/aromatic N) is 1. The van der Waals surface area contributed by atoms with Gasteiger partial charge in [0, 0.05) is 24.0 Å². The van der Waals surface area contributed by atoms with Crippen molar-refractivity contribution in [3.63, 3.8) is 0 Å². The second-order valence-corrected chi connectivity index (χ2v) is 10.5. The van der Waals surface area contributed by atoms with Gasteiger partial charge in [-0.3, -0.25) is 4.79 Å². The first-order valence-corrected chi connectivity index (χ1v) is 12.4. The zero-order valence-electron chi connectivity index (χ0n) is 16.4. The van der Waals surface area contributed by atoms with Crippen LogP contribution in [0.4, 0.5) is 5.69 Å². The van der Waals surface area contributed by atoms with Crippen molar-refractivity contribution in [1.82, 2.24) is 9.62 Å². The lowest BCUT2D eigenvalue weighted by molar-refractivity contribution is -0.115. The van der Waals surface area contributed by atoms with Gasteiger partial charge >= 0.3 is 0 Å². The van der Waals surface area contributed by atoms with Crippen LogP contribution in [-0.4, -0.2) is 38.3 Å². The van der Waals surface area contributed by atoms with E-state index < -0.39 is 10.0 Å². The predicted molar refractivity (Wildman–Crippen MR) is 118 cm³/mol. The van der Waals surface area contributed by atoms with E-state index in [4.69, 9.17) is 11.6 Å². The molecular weight excluding hydrogens is 430 g/mol. The zero-order chi connectivity index (χ0) is 20.9. The van der Waals surface area contributed by atoms with E-state index in [1.807, 2.05) is 24.4 Å². The van der Waals surface area contributed by atoms with Crippen LogP contribution >= 0.6 is 22.9 Å². The Morgan fingerprint density at radius 3 is 2.59 bits per heavy atom. The summed E-state index contributed by atoms with van der Waals surface area (Å²) in [6, 6.07) is 8.48. The Morgan fingerprint density at radius 1 is 1.21 bits per heavy atom. The number of rotatable bonds is 7. The van der Waals surface area contributed by atoms with Gasteiger partial charge < -0.3 is 10.6 Å². The molecule has 0 aliphatic carbocycles. The minimum Gasteiger partial charge on any atom is -0.324 e. The van der Waals surface area contributed by atoms with Gasteiger partial charge in [-0.15, -0.1) is 11.3 Å². The molecule has 2 heterocycles. The summed E-state index contributed by atoms with van der Waals surface area (Å²) in [7, 11) is -3.61. The SMILES string of the molecule is C[C@@H](NCC(=O)Nc1cc(S(=O)(=O)N2CCCCCC2)ccc1Cl)c1cccs1. The highest BCUT2D eigenvalue weighted by Crippen LogP contribution is 2.28. The molecule has 0 saturated carbocycles. The number of hydrogen-bond donors (Lipinski definition) is 2. The molecular formula is C20H26ClN3O3S2. The Labute approximate surface area is 181 Å². The first-order chi connectivity index (χ1) is 13.9. The van der Waals surface area contributed by atoms with Crippen molar-refractivity contribution in [3.05, 3.63) is 45.6 Å². The van der Waals surface area contributed by atoms with E-state index in [2.05, 4.69) is 10.6 Å². The molecule has 6 nitrogen and oxygen atoms in total. The molecule has 9 heteroatoms. The number of anilines is 1. The van der Waals surface area contributed by atoms with Gasteiger partial charge in [-0.05, 0) is 49.4 Å². The van der Waals surface area contributed by atoms with Crippen LogP contribution in [0.2, 0.25) is 5.02 Å².